The molecule has 6 rings (SSSR count). The molecule has 0 radical (unpaired) electrons. The standard InChI is InChI=1S/C28H25N5O4S/c1-18-2-11-23-25(16-18)38-27(29-23)19-3-5-21(6-4-19)32-26(34)17-24(28(32)35)31-14-12-30(13-15-31)20-7-9-22(10-8-20)33(36)37/h2-11,16,24H,12-15,17H2,1H3/p+1/t24-/m1/s1. The summed E-state index contributed by atoms with van der Waals surface area (Å²) in [5.41, 5.74) is 4.69. The number of hydrogen-bond acceptors (Lipinski definition) is 7. The van der Waals surface area contributed by atoms with E-state index in [1.54, 1.807) is 23.5 Å². The molecule has 4 aromatic rings. The van der Waals surface area contributed by atoms with Crippen LogP contribution < -0.4 is 14.7 Å². The third kappa shape index (κ3) is 4.42. The van der Waals surface area contributed by atoms with E-state index in [-0.39, 0.29) is 23.9 Å². The summed E-state index contributed by atoms with van der Waals surface area (Å²) in [4.78, 5) is 46.1. The van der Waals surface area contributed by atoms with Gasteiger partial charge in [0.15, 0.2) is 6.04 Å². The van der Waals surface area contributed by atoms with Gasteiger partial charge in [0, 0.05) is 23.4 Å². The predicted molar refractivity (Wildman–Crippen MR) is 147 cm³/mol. The van der Waals surface area contributed by atoms with Crippen LogP contribution in [0.1, 0.15) is 12.0 Å². The summed E-state index contributed by atoms with van der Waals surface area (Å²) in [6, 6.07) is 19.8. The molecule has 2 amide bonds. The van der Waals surface area contributed by atoms with Gasteiger partial charge in [-0.05, 0) is 61.0 Å². The van der Waals surface area contributed by atoms with E-state index >= 15 is 0 Å². The Morgan fingerprint density at radius 2 is 1.66 bits per heavy atom. The number of nitro benzene ring substituents is 1. The summed E-state index contributed by atoms with van der Waals surface area (Å²) in [6.07, 6.45) is 0.199. The molecule has 1 N–H and O–H groups in total. The van der Waals surface area contributed by atoms with Crippen LogP contribution in [-0.2, 0) is 9.59 Å². The molecule has 2 fully saturated rings. The topological polar surface area (TPSA) is 101 Å². The van der Waals surface area contributed by atoms with E-state index in [4.69, 9.17) is 4.98 Å². The zero-order valence-electron chi connectivity index (χ0n) is 20.8. The summed E-state index contributed by atoms with van der Waals surface area (Å²) >= 11 is 1.63. The van der Waals surface area contributed by atoms with Gasteiger partial charge in [0.25, 0.3) is 11.6 Å². The summed E-state index contributed by atoms with van der Waals surface area (Å²) in [5, 5.41) is 11.8. The minimum atomic E-state index is -0.407. The molecule has 2 aliphatic rings. The molecule has 0 spiro atoms. The van der Waals surface area contributed by atoms with Crippen LogP contribution in [0, 0.1) is 17.0 Å². The van der Waals surface area contributed by atoms with Crippen LogP contribution in [-0.4, -0.2) is 53.9 Å². The molecule has 3 aromatic carbocycles. The van der Waals surface area contributed by atoms with Crippen molar-refractivity contribution in [3.63, 3.8) is 0 Å². The van der Waals surface area contributed by atoms with Gasteiger partial charge in [0.05, 0.1) is 53.4 Å². The Bertz CT molecular complexity index is 1540. The van der Waals surface area contributed by atoms with E-state index in [1.807, 2.05) is 36.4 Å². The number of carbonyl (C=O) groups excluding carboxylic acids is 2. The summed E-state index contributed by atoms with van der Waals surface area (Å²) in [7, 11) is 0. The molecular weight excluding hydrogens is 502 g/mol. The van der Waals surface area contributed by atoms with Crippen LogP contribution in [0.15, 0.2) is 66.7 Å². The molecule has 10 heteroatoms. The molecule has 9 nitrogen and oxygen atoms in total. The Balaban J connectivity index is 1.12. The number of amides is 2. The fourth-order valence-corrected chi connectivity index (χ4v) is 6.39. The van der Waals surface area contributed by atoms with Crippen molar-refractivity contribution in [3.8, 4) is 10.6 Å². The normalized spacial score (nSPS) is 18.5. The van der Waals surface area contributed by atoms with Gasteiger partial charge in [-0.3, -0.25) is 19.7 Å². The number of hydrogen-bond donors (Lipinski definition) is 1. The van der Waals surface area contributed by atoms with Crippen LogP contribution in [0.25, 0.3) is 20.8 Å². The largest absolute Gasteiger partial charge is 0.360 e. The first-order chi connectivity index (χ1) is 18.4. The summed E-state index contributed by atoms with van der Waals surface area (Å²) in [5.74, 6) is -0.328. The second-order valence-electron chi connectivity index (χ2n) is 9.78. The molecule has 0 unspecified atom stereocenters. The van der Waals surface area contributed by atoms with Crippen molar-refractivity contribution < 1.29 is 19.4 Å². The van der Waals surface area contributed by atoms with Gasteiger partial charge in [-0.2, -0.15) is 0 Å². The number of benzene rings is 3. The summed E-state index contributed by atoms with van der Waals surface area (Å²) < 4.78 is 1.13. The van der Waals surface area contributed by atoms with Gasteiger partial charge >= 0.3 is 0 Å². The van der Waals surface area contributed by atoms with Crippen LogP contribution in [0.3, 0.4) is 0 Å². The molecule has 192 valence electrons. The third-order valence-electron chi connectivity index (χ3n) is 7.39. The number of thiazole rings is 1. The Morgan fingerprint density at radius 1 is 0.974 bits per heavy atom. The molecule has 0 bridgehead atoms. The smallest absolute Gasteiger partial charge is 0.292 e. The molecule has 2 aliphatic heterocycles. The summed E-state index contributed by atoms with van der Waals surface area (Å²) in [6.45, 7) is 4.91. The fourth-order valence-electron chi connectivity index (χ4n) is 5.32. The number of anilines is 2. The monoisotopic (exact) mass is 528 g/mol. The number of aryl methyl sites for hydroxylation is 1. The van der Waals surface area contributed by atoms with E-state index in [9.17, 15) is 19.7 Å². The van der Waals surface area contributed by atoms with E-state index in [1.165, 1.54) is 22.6 Å². The average Bonchev–Trinajstić information content (AvgIpc) is 3.48. The van der Waals surface area contributed by atoms with Gasteiger partial charge < -0.3 is 9.80 Å². The first-order valence-corrected chi connectivity index (χ1v) is 13.4. The number of fused-ring (bicyclic) bond motifs is 1. The maximum atomic E-state index is 13.4. The molecule has 0 aliphatic carbocycles. The highest BCUT2D eigenvalue weighted by molar-refractivity contribution is 7.21. The molecule has 1 atom stereocenters. The number of rotatable bonds is 5. The molecule has 38 heavy (non-hydrogen) atoms. The molecule has 1 aromatic heterocycles. The second-order valence-corrected chi connectivity index (χ2v) is 10.8. The minimum absolute atomic E-state index is 0.0661. The molecular formula is C28H26N5O4S+. The zero-order valence-corrected chi connectivity index (χ0v) is 21.6. The minimum Gasteiger partial charge on any atom is -0.360 e. The van der Waals surface area contributed by atoms with Gasteiger partial charge in [-0.25, -0.2) is 9.88 Å². The number of aromatic nitrogens is 1. The predicted octanol–water partition coefficient (Wildman–Crippen LogP) is 3.22. The van der Waals surface area contributed by atoms with Crippen molar-refractivity contribution >= 4 is 50.4 Å². The van der Waals surface area contributed by atoms with Gasteiger partial charge in [-0.1, -0.05) is 6.07 Å². The maximum absolute atomic E-state index is 13.4. The van der Waals surface area contributed by atoms with Crippen LogP contribution in [0.5, 0.6) is 0 Å². The van der Waals surface area contributed by atoms with Crippen LogP contribution in [0.2, 0.25) is 0 Å². The fraction of sp³-hybridized carbons (Fsp3) is 0.250. The SMILES string of the molecule is Cc1ccc2nc(-c3ccc(N4C(=O)C[C@@H]([NH+]5CCN(c6ccc([N+](=O)[O-])cc6)CC5)C4=O)cc3)sc2c1. The van der Waals surface area contributed by atoms with Gasteiger partial charge in [0.2, 0.25) is 5.91 Å². The van der Waals surface area contributed by atoms with Crippen molar-refractivity contribution in [1.29, 1.82) is 0 Å². The number of carbonyl (C=O) groups is 2. The number of nitro groups is 1. The first-order valence-electron chi connectivity index (χ1n) is 12.6. The second kappa shape index (κ2) is 9.62. The quantitative estimate of drug-likeness (QED) is 0.243. The lowest BCUT2D eigenvalue weighted by molar-refractivity contribution is -0.915. The molecule has 0 saturated carbocycles. The average molecular weight is 529 g/mol. The lowest BCUT2D eigenvalue weighted by Crippen LogP contribution is -3.19. The maximum Gasteiger partial charge on any atom is 0.292 e. The zero-order chi connectivity index (χ0) is 26.4. The lowest BCUT2D eigenvalue weighted by atomic mass is 10.1. The Hall–Kier alpha value is -4.15. The highest BCUT2D eigenvalue weighted by atomic mass is 32.1. The van der Waals surface area contributed by atoms with Crippen molar-refractivity contribution in [2.24, 2.45) is 0 Å². The van der Waals surface area contributed by atoms with Crippen molar-refractivity contribution in [3.05, 3.63) is 82.4 Å². The third-order valence-corrected chi connectivity index (χ3v) is 8.45. The van der Waals surface area contributed by atoms with Crippen LogP contribution >= 0.6 is 11.3 Å². The van der Waals surface area contributed by atoms with Gasteiger partial charge in [-0.15, -0.1) is 11.3 Å². The number of imide groups is 1. The molecule has 2 saturated heterocycles. The lowest BCUT2D eigenvalue weighted by Gasteiger charge is -2.35. The van der Waals surface area contributed by atoms with E-state index in [2.05, 4.69) is 17.9 Å². The number of non-ortho nitro benzene ring substituents is 1. The van der Waals surface area contributed by atoms with E-state index in [0.717, 1.165) is 31.4 Å². The van der Waals surface area contributed by atoms with Crippen molar-refractivity contribution in [2.75, 3.05) is 36.0 Å². The van der Waals surface area contributed by atoms with E-state index < -0.39 is 11.0 Å². The number of nitrogens with zero attached hydrogens (tertiary/aromatic N) is 4. The van der Waals surface area contributed by atoms with Crippen molar-refractivity contribution in [1.82, 2.24) is 4.98 Å². The van der Waals surface area contributed by atoms with E-state index in [0.29, 0.717) is 31.9 Å². The van der Waals surface area contributed by atoms with Crippen molar-refractivity contribution in [2.45, 2.75) is 19.4 Å². The Morgan fingerprint density at radius 3 is 2.34 bits per heavy atom. The van der Waals surface area contributed by atoms with Crippen LogP contribution in [0.4, 0.5) is 17.1 Å². The highest BCUT2D eigenvalue weighted by Crippen LogP contribution is 2.32. The highest BCUT2D eigenvalue weighted by Gasteiger charge is 2.46. The molecule has 3 heterocycles. The first kappa shape index (κ1) is 24.2. The van der Waals surface area contributed by atoms with Gasteiger partial charge in [0.1, 0.15) is 5.01 Å². The number of quaternary nitrogens is 1. The number of piperazine rings is 1. The Kier molecular flexibility index (Phi) is 6.13. The number of nitrogens with one attached hydrogen (secondary N) is 1. The Labute approximate surface area is 223 Å².